The van der Waals surface area contributed by atoms with E-state index in [1.54, 1.807) is 0 Å². The lowest BCUT2D eigenvalue weighted by Crippen LogP contribution is -2.34. The summed E-state index contributed by atoms with van der Waals surface area (Å²) in [6, 6.07) is 1.12. The largest absolute Gasteiger partial charge is 0.381 e. The fourth-order valence-electron chi connectivity index (χ4n) is 2.39. The van der Waals surface area contributed by atoms with E-state index in [0.717, 1.165) is 12.8 Å². The van der Waals surface area contributed by atoms with Crippen molar-refractivity contribution in [2.75, 3.05) is 12.9 Å². The molecule has 0 bridgehead atoms. The number of ether oxygens (including phenoxy) is 1. The number of aliphatic imine (C=N–C) groups is 1. The maximum atomic E-state index is 5.39. The van der Waals surface area contributed by atoms with E-state index >= 15 is 0 Å². The Balaban J connectivity index is 1.83. The smallest absolute Gasteiger partial charge is 0.157 e. The summed E-state index contributed by atoms with van der Waals surface area (Å²) in [5.41, 5.74) is 0. The molecule has 1 fully saturated rings. The lowest BCUT2D eigenvalue weighted by atomic mass is 10.2. The van der Waals surface area contributed by atoms with Crippen LogP contribution >= 0.6 is 11.8 Å². The van der Waals surface area contributed by atoms with Gasteiger partial charge in [0.1, 0.15) is 0 Å². The predicted molar refractivity (Wildman–Crippen MR) is 70.2 cm³/mol. The molecule has 1 aliphatic heterocycles. The Morgan fingerprint density at radius 3 is 3.00 bits per heavy atom. The van der Waals surface area contributed by atoms with Crippen molar-refractivity contribution in [3.63, 3.8) is 0 Å². The molecule has 2 aliphatic rings. The summed E-state index contributed by atoms with van der Waals surface area (Å²) in [6.07, 6.45) is 6.38. The van der Waals surface area contributed by atoms with E-state index in [0.29, 0.717) is 18.2 Å². The van der Waals surface area contributed by atoms with Gasteiger partial charge in [-0.15, -0.1) is 0 Å². The van der Waals surface area contributed by atoms with Gasteiger partial charge in [-0.05, 0) is 32.1 Å². The summed E-state index contributed by atoms with van der Waals surface area (Å²) in [7, 11) is 1.81. The average molecular weight is 242 g/mol. The van der Waals surface area contributed by atoms with Crippen LogP contribution in [0.25, 0.3) is 0 Å². The van der Waals surface area contributed by atoms with Gasteiger partial charge in [0.05, 0.1) is 12.1 Å². The van der Waals surface area contributed by atoms with Crippen LogP contribution in [0, 0.1) is 0 Å². The van der Waals surface area contributed by atoms with Crippen LogP contribution in [0.1, 0.15) is 39.0 Å². The van der Waals surface area contributed by atoms with E-state index in [1.807, 2.05) is 18.9 Å². The molecular weight excluding hydrogens is 220 g/mol. The highest BCUT2D eigenvalue weighted by Crippen LogP contribution is 2.24. The van der Waals surface area contributed by atoms with Crippen LogP contribution in [0.4, 0.5) is 0 Å². The van der Waals surface area contributed by atoms with Gasteiger partial charge in [0.15, 0.2) is 5.17 Å². The van der Waals surface area contributed by atoms with Gasteiger partial charge >= 0.3 is 0 Å². The molecule has 3 nitrogen and oxygen atoms in total. The van der Waals surface area contributed by atoms with Gasteiger partial charge in [-0.25, -0.2) is 0 Å². The molecular formula is C12H22N2OS. The molecule has 0 aromatic heterocycles. The Morgan fingerprint density at radius 2 is 2.31 bits per heavy atom. The molecule has 2 rings (SSSR count). The topological polar surface area (TPSA) is 33.6 Å². The standard InChI is InChI=1S/C12H22N2OS/c1-3-9-6-7-16-12(13-9)14-10-4-5-11(8-10)15-2/h9-11H,3-8H2,1-2H3,(H,13,14). The summed E-state index contributed by atoms with van der Waals surface area (Å²) >= 11 is 1.88. The fourth-order valence-corrected chi connectivity index (χ4v) is 3.45. The van der Waals surface area contributed by atoms with Crippen molar-refractivity contribution < 1.29 is 4.74 Å². The molecule has 1 aliphatic carbocycles. The Morgan fingerprint density at radius 1 is 1.44 bits per heavy atom. The van der Waals surface area contributed by atoms with E-state index in [-0.39, 0.29) is 0 Å². The first-order chi connectivity index (χ1) is 7.81. The Bertz CT molecular complexity index is 257. The van der Waals surface area contributed by atoms with Gasteiger partial charge in [0, 0.05) is 18.9 Å². The zero-order chi connectivity index (χ0) is 11.4. The highest BCUT2D eigenvalue weighted by Gasteiger charge is 2.26. The minimum Gasteiger partial charge on any atom is -0.381 e. The molecule has 0 amide bonds. The van der Waals surface area contributed by atoms with Gasteiger partial charge in [0.25, 0.3) is 0 Å². The van der Waals surface area contributed by atoms with Crippen LogP contribution in [-0.4, -0.2) is 36.2 Å². The van der Waals surface area contributed by atoms with Gasteiger partial charge in [-0.2, -0.15) is 0 Å². The molecule has 0 aromatic carbocycles. The quantitative estimate of drug-likeness (QED) is 0.825. The second-order valence-corrected chi connectivity index (χ2v) is 5.73. The van der Waals surface area contributed by atoms with Crippen molar-refractivity contribution in [2.45, 2.75) is 57.2 Å². The SMILES string of the molecule is CCC1CCSC(NC2CCC(OC)C2)=N1. The molecule has 92 valence electrons. The lowest BCUT2D eigenvalue weighted by Gasteiger charge is -2.22. The lowest BCUT2D eigenvalue weighted by molar-refractivity contribution is 0.107. The fraction of sp³-hybridized carbons (Fsp3) is 0.917. The summed E-state index contributed by atoms with van der Waals surface area (Å²) in [5.74, 6) is 1.21. The van der Waals surface area contributed by atoms with Crippen molar-refractivity contribution in [2.24, 2.45) is 4.99 Å². The van der Waals surface area contributed by atoms with Crippen molar-refractivity contribution in [1.29, 1.82) is 0 Å². The highest BCUT2D eigenvalue weighted by molar-refractivity contribution is 8.13. The monoisotopic (exact) mass is 242 g/mol. The number of nitrogens with zero attached hydrogens (tertiary/aromatic N) is 1. The number of nitrogens with one attached hydrogen (secondary N) is 1. The van der Waals surface area contributed by atoms with Gasteiger partial charge in [-0.1, -0.05) is 18.7 Å². The van der Waals surface area contributed by atoms with Gasteiger partial charge < -0.3 is 10.1 Å². The number of hydrogen-bond acceptors (Lipinski definition) is 4. The number of methoxy groups -OCH3 is 1. The second-order valence-electron chi connectivity index (χ2n) is 4.65. The molecule has 1 heterocycles. The number of hydrogen-bond donors (Lipinski definition) is 1. The molecule has 4 heteroatoms. The third-order valence-electron chi connectivity index (χ3n) is 3.51. The molecule has 3 atom stereocenters. The maximum absolute atomic E-state index is 5.39. The molecule has 0 radical (unpaired) electrons. The highest BCUT2D eigenvalue weighted by atomic mass is 32.2. The molecule has 3 unspecified atom stereocenters. The van der Waals surface area contributed by atoms with Crippen molar-refractivity contribution in [3.05, 3.63) is 0 Å². The Hall–Kier alpha value is -0.220. The second kappa shape index (κ2) is 5.92. The summed E-state index contributed by atoms with van der Waals surface area (Å²) in [4.78, 5) is 4.74. The van der Waals surface area contributed by atoms with E-state index in [1.165, 1.54) is 30.2 Å². The van der Waals surface area contributed by atoms with Crippen LogP contribution in [0.15, 0.2) is 4.99 Å². The number of thioether (sulfide) groups is 1. The summed E-state index contributed by atoms with van der Waals surface area (Å²) in [6.45, 7) is 2.22. The van der Waals surface area contributed by atoms with Crippen LogP contribution in [0.5, 0.6) is 0 Å². The third-order valence-corrected chi connectivity index (χ3v) is 4.44. The van der Waals surface area contributed by atoms with Gasteiger partial charge in [0.2, 0.25) is 0 Å². The first kappa shape index (κ1) is 12.2. The zero-order valence-corrected chi connectivity index (χ0v) is 11.1. The molecule has 0 spiro atoms. The van der Waals surface area contributed by atoms with Crippen molar-refractivity contribution >= 4 is 16.9 Å². The minimum absolute atomic E-state index is 0.452. The van der Waals surface area contributed by atoms with Gasteiger partial charge in [-0.3, -0.25) is 4.99 Å². The zero-order valence-electron chi connectivity index (χ0n) is 10.2. The van der Waals surface area contributed by atoms with Crippen LogP contribution < -0.4 is 5.32 Å². The van der Waals surface area contributed by atoms with Crippen molar-refractivity contribution in [1.82, 2.24) is 5.32 Å². The van der Waals surface area contributed by atoms with E-state index in [9.17, 15) is 0 Å². The average Bonchev–Trinajstić information content (AvgIpc) is 2.77. The first-order valence-corrected chi connectivity index (χ1v) is 7.30. The summed E-state index contributed by atoms with van der Waals surface area (Å²) in [5, 5.41) is 4.75. The number of rotatable bonds is 3. The Labute approximate surface area is 102 Å². The van der Waals surface area contributed by atoms with Crippen LogP contribution in [0.2, 0.25) is 0 Å². The molecule has 0 saturated heterocycles. The normalized spacial score (nSPS) is 34.9. The van der Waals surface area contributed by atoms with Crippen LogP contribution in [-0.2, 0) is 4.74 Å². The molecule has 16 heavy (non-hydrogen) atoms. The number of amidine groups is 1. The maximum Gasteiger partial charge on any atom is 0.157 e. The van der Waals surface area contributed by atoms with E-state index in [2.05, 4.69) is 12.2 Å². The van der Waals surface area contributed by atoms with Crippen molar-refractivity contribution in [3.8, 4) is 0 Å². The molecule has 0 aromatic rings. The molecule has 1 saturated carbocycles. The predicted octanol–water partition coefficient (Wildman–Crippen LogP) is 2.42. The van der Waals surface area contributed by atoms with E-state index < -0.39 is 0 Å². The third kappa shape index (κ3) is 3.14. The van der Waals surface area contributed by atoms with E-state index in [4.69, 9.17) is 9.73 Å². The first-order valence-electron chi connectivity index (χ1n) is 6.31. The molecule has 1 N–H and O–H groups in total. The Kier molecular flexibility index (Phi) is 4.53. The minimum atomic E-state index is 0.452. The summed E-state index contributed by atoms with van der Waals surface area (Å²) < 4.78 is 5.39. The van der Waals surface area contributed by atoms with Crippen LogP contribution in [0.3, 0.4) is 0 Å².